The van der Waals surface area contributed by atoms with Crippen LogP contribution in [0.4, 0.5) is 0 Å². The van der Waals surface area contributed by atoms with E-state index < -0.39 is 0 Å². The molecule has 6 heteroatoms. The van der Waals surface area contributed by atoms with Crippen LogP contribution in [0.5, 0.6) is 11.5 Å². The maximum Gasteiger partial charge on any atom is 0.140 e. The minimum Gasteiger partial charge on any atom is -0.508 e. The summed E-state index contributed by atoms with van der Waals surface area (Å²) < 4.78 is 13.2. The van der Waals surface area contributed by atoms with Crippen molar-refractivity contribution in [3.05, 3.63) is 65.8 Å². The molecule has 25 heavy (non-hydrogen) atoms. The van der Waals surface area contributed by atoms with E-state index in [1.54, 1.807) is 18.3 Å². The third kappa shape index (κ3) is 2.71. The number of nitrogens with zero attached hydrogens (tertiary/aromatic N) is 3. The number of pyridine rings is 1. The first-order chi connectivity index (χ1) is 12.1. The number of phenols is 1. The van der Waals surface area contributed by atoms with Gasteiger partial charge in [0.1, 0.15) is 29.5 Å². The van der Waals surface area contributed by atoms with Gasteiger partial charge in [0.15, 0.2) is 0 Å². The Morgan fingerprint density at radius 2 is 2.08 bits per heavy atom. The summed E-state index contributed by atoms with van der Waals surface area (Å²) in [5.74, 6) is 1.47. The summed E-state index contributed by atoms with van der Waals surface area (Å²) in [7, 11) is 0. The molecule has 1 N–H and O–H groups in total. The third-order valence-electron chi connectivity index (χ3n) is 4.22. The number of aromatic hydroxyl groups is 1. The fourth-order valence-corrected chi connectivity index (χ4v) is 2.87. The van der Waals surface area contributed by atoms with E-state index in [-0.39, 0.29) is 5.75 Å². The topological polar surface area (TPSA) is 72.8 Å². The quantitative estimate of drug-likeness (QED) is 0.612. The second-order valence-corrected chi connectivity index (χ2v) is 5.84. The highest BCUT2D eigenvalue weighted by atomic mass is 16.5. The first-order valence-corrected chi connectivity index (χ1v) is 7.93. The van der Waals surface area contributed by atoms with Crippen molar-refractivity contribution in [2.75, 3.05) is 0 Å². The van der Waals surface area contributed by atoms with Crippen LogP contribution in [0, 0.1) is 13.8 Å². The van der Waals surface area contributed by atoms with Crippen molar-refractivity contribution in [1.29, 1.82) is 0 Å². The average molecular weight is 335 g/mol. The van der Waals surface area contributed by atoms with Crippen molar-refractivity contribution >= 4 is 5.65 Å². The Kier molecular flexibility index (Phi) is 3.65. The second kappa shape index (κ2) is 5.98. The molecule has 0 saturated carbocycles. The van der Waals surface area contributed by atoms with E-state index in [0.717, 1.165) is 33.9 Å². The molecule has 0 aliphatic rings. The predicted octanol–water partition coefficient (Wildman–Crippen LogP) is 3.89. The van der Waals surface area contributed by atoms with E-state index in [1.165, 1.54) is 0 Å². The van der Waals surface area contributed by atoms with E-state index in [9.17, 15) is 5.11 Å². The number of rotatable bonds is 4. The van der Waals surface area contributed by atoms with Crippen LogP contribution in [0.2, 0.25) is 0 Å². The van der Waals surface area contributed by atoms with E-state index in [0.29, 0.717) is 12.4 Å². The van der Waals surface area contributed by atoms with Gasteiger partial charge < -0.3 is 14.4 Å². The Morgan fingerprint density at radius 3 is 2.88 bits per heavy atom. The number of phenolic OH excluding ortho intramolecular Hbond substituents is 1. The van der Waals surface area contributed by atoms with Crippen molar-refractivity contribution in [1.82, 2.24) is 14.5 Å². The molecule has 0 spiro atoms. The zero-order valence-corrected chi connectivity index (χ0v) is 13.9. The molecule has 0 aliphatic heterocycles. The number of aryl methyl sites for hydroxylation is 2. The molecule has 1 aromatic carbocycles. The first kappa shape index (κ1) is 15.3. The average Bonchev–Trinajstić information content (AvgIpc) is 3.20. The summed E-state index contributed by atoms with van der Waals surface area (Å²) in [6.45, 7) is 4.05. The molecular weight excluding hydrogens is 318 g/mol. The van der Waals surface area contributed by atoms with Crippen molar-refractivity contribution in [3.63, 3.8) is 0 Å². The molecule has 0 amide bonds. The van der Waals surface area contributed by atoms with E-state index in [2.05, 4.69) is 10.1 Å². The molecular formula is C19H17N3O3. The lowest BCUT2D eigenvalue weighted by atomic mass is 10.1. The summed E-state index contributed by atoms with van der Waals surface area (Å²) in [4.78, 5) is 4.31. The van der Waals surface area contributed by atoms with Gasteiger partial charge in [-0.1, -0.05) is 11.2 Å². The molecule has 0 aliphatic carbocycles. The molecule has 6 nitrogen and oxygen atoms in total. The fourth-order valence-electron chi connectivity index (χ4n) is 2.87. The molecule has 0 fully saturated rings. The maximum absolute atomic E-state index is 9.89. The number of benzene rings is 1. The smallest absolute Gasteiger partial charge is 0.140 e. The summed E-state index contributed by atoms with van der Waals surface area (Å²) in [6, 6.07) is 11.0. The SMILES string of the molecule is Cc1noc(C)c1COc1cc(O)ccc1-c1cccc2nccn12. The summed E-state index contributed by atoms with van der Waals surface area (Å²) in [6.07, 6.45) is 3.65. The van der Waals surface area contributed by atoms with Crippen molar-refractivity contribution in [2.45, 2.75) is 20.5 Å². The zero-order chi connectivity index (χ0) is 17.4. The largest absolute Gasteiger partial charge is 0.508 e. The van der Waals surface area contributed by atoms with Gasteiger partial charge in [-0.15, -0.1) is 0 Å². The lowest BCUT2D eigenvalue weighted by Crippen LogP contribution is -2.00. The van der Waals surface area contributed by atoms with Crippen LogP contribution >= 0.6 is 0 Å². The van der Waals surface area contributed by atoms with Gasteiger partial charge in [-0.25, -0.2) is 4.98 Å². The molecule has 3 heterocycles. The Bertz CT molecular complexity index is 1030. The maximum atomic E-state index is 9.89. The highest BCUT2D eigenvalue weighted by molar-refractivity contribution is 5.71. The lowest BCUT2D eigenvalue weighted by Gasteiger charge is -2.13. The molecule has 3 aromatic heterocycles. The molecule has 0 radical (unpaired) electrons. The molecule has 0 atom stereocenters. The van der Waals surface area contributed by atoms with Crippen LogP contribution in [0.15, 0.2) is 53.3 Å². The standard InChI is InChI=1S/C19H17N3O3/c1-12-16(13(2)25-21-12)11-24-18-10-14(23)6-7-15(18)17-4-3-5-19-20-8-9-22(17)19/h3-10,23H,11H2,1-2H3. The number of hydrogen-bond donors (Lipinski definition) is 1. The van der Waals surface area contributed by atoms with Gasteiger partial charge in [-0.05, 0) is 38.1 Å². The zero-order valence-electron chi connectivity index (χ0n) is 13.9. The van der Waals surface area contributed by atoms with Crippen LogP contribution in [-0.4, -0.2) is 19.6 Å². The molecule has 126 valence electrons. The van der Waals surface area contributed by atoms with Gasteiger partial charge in [0, 0.05) is 24.0 Å². The van der Waals surface area contributed by atoms with Crippen molar-refractivity contribution < 1.29 is 14.4 Å². The number of aromatic nitrogens is 3. The van der Waals surface area contributed by atoms with E-state index >= 15 is 0 Å². The van der Waals surface area contributed by atoms with Gasteiger partial charge >= 0.3 is 0 Å². The van der Waals surface area contributed by atoms with Crippen LogP contribution in [-0.2, 0) is 6.61 Å². The highest BCUT2D eigenvalue weighted by Gasteiger charge is 2.14. The Balaban J connectivity index is 1.76. The molecule has 0 unspecified atom stereocenters. The summed E-state index contributed by atoms with van der Waals surface area (Å²) in [5, 5.41) is 13.8. The Labute approximate surface area is 144 Å². The monoisotopic (exact) mass is 335 g/mol. The number of hydrogen-bond acceptors (Lipinski definition) is 5. The lowest BCUT2D eigenvalue weighted by molar-refractivity contribution is 0.301. The number of fused-ring (bicyclic) bond motifs is 1. The van der Waals surface area contributed by atoms with Crippen LogP contribution in [0.3, 0.4) is 0 Å². The summed E-state index contributed by atoms with van der Waals surface area (Å²) in [5.41, 5.74) is 4.37. The van der Waals surface area contributed by atoms with Gasteiger partial charge in [0.2, 0.25) is 0 Å². The number of imidazole rings is 1. The van der Waals surface area contributed by atoms with Crippen LogP contribution < -0.4 is 4.74 Å². The van der Waals surface area contributed by atoms with Crippen LogP contribution in [0.25, 0.3) is 16.9 Å². The van der Waals surface area contributed by atoms with Crippen LogP contribution in [0.1, 0.15) is 17.0 Å². The van der Waals surface area contributed by atoms with E-state index in [4.69, 9.17) is 9.26 Å². The summed E-state index contributed by atoms with van der Waals surface area (Å²) >= 11 is 0. The Hall–Kier alpha value is -3.28. The molecule has 0 saturated heterocycles. The van der Waals surface area contributed by atoms with Gasteiger partial charge in [-0.3, -0.25) is 4.40 Å². The van der Waals surface area contributed by atoms with Crippen molar-refractivity contribution in [3.8, 4) is 22.8 Å². The third-order valence-corrected chi connectivity index (χ3v) is 4.22. The first-order valence-electron chi connectivity index (χ1n) is 7.93. The number of ether oxygens (including phenoxy) is 1. The minimum atomic E-state index is 0.148. The molecule has 4 aromatic rings. The molecule has 4 rings (SSSR count). The van der Waals surface area contributed by atoms with Crippen molar-refractivity contribution in [2.24, 2.45) is 0 Å². The minimum absolute atomic E-state index is 0.148. The second-order valence-electron chi connectivity index (χ2n) is 5.84. The normalized spacial score (nSPS) is 11.1. The predicted molar refractivity (Wildman–Crippen MR) is 92.6 cm³/mol. The highest BCUT2D eigenvalue weighted by Crippen LogP contribution is 2.34. The van der Waals surface area contributed by atoms with Gasteiger partial charge in [-0.2, -0.15) is 0 Å². The van der Waals surface area contributed by atoms with E-state index in [1.807, 2.05) is 48.7 Å². The Morgan fingerprint density at radius 1 is 1.20 bits per heavy atom. The molecule has 0 bridgehead atoms. The fraction of sp³-hybridized carbons (Fsp3) is 0.158. The van der Waals surface area contributed by atoms with Gasteiger partial charge in [0.25, 0.3) is 0 Å². The van der Waals surface area contributed by atoms with Gasteiger partial charge in [0.05, 0.1) is 17.0 Å².